The number of nitrogens with zero attached hydrogens (tertiary/aromatic N) is 3. The van der Waals surface area contributed by atoms with Crippen LogP contribution in [0.1, 0.15) is 31.8 Å². The van der Waals surface area contributed by atoms with Crippen molar-refractivity contribution >= 4 is 23.5 Å². The first kappa shape index (κ1) is 19.2. The molecule has 1 heterocycles. The number of aliphatic carboxylic acids is 1. The fraction of sp³-hybridized carbons (Fsp3) is 0.250. The molecule has 0 bridgehead atoms. The van der Waals surface area contributed by atoms with Crippen molar-refractivity contribution < 1.29 is 19.5 Å². The Labute approximate surface area is 161 Å². The number of benzene rings is 2. The predicted molar refractivity (Wildman–Crippen MR) is 102 cm³/mol. The summed E-state index contributed by atoms with van der Waals surface area (Å²) in [5.74, 6) is -1.58. The second-order valence-electron chi connectivity index (χ2n) is 6.59. The van der Waals surface area contributed by atoms with Crippen LogP contribution in [0.4, 0.5) is 5.69 Å². The van der Waals surface area contributed by atoms with Crippen LogP contribution in [0.15, 0.2) is 47.6 Å². The number of fused-ring (bicyclic) bond motifs is 1. The lowest BCUT2D eigenvalue weighted by Gasteiger charge is -2.27. The molecule has 0 saturated carbocycles. The van der Waals surface area contributed by atoms with E-state index in [0.717, 1.165) is 11.1 Å². The van der Waals surface area contributed by atoms with Gasteiger partial charge in [0, 0.05) is 30.4 Å². The molecule has 0 saturated heterocycles. The Hall–Kier alpha value is -3.55. The Morgan fingerprint density at radius 2 is 1.93 bits per heavy atom. The third-order valence-electron chi connectivity index (χ3n) is 4.74. The van der Waals surface area contributed by atoms with Crippen LogP contribution in [0, 0.1) is 5.53 Å². The van der Waals surface area contributed by atoms with E-state index in [1.807, 2.05) is 12.1 Å². The van der Waals surface area contributed by atoms with E-state index in [2.05, 4.69) is 5.11 Å². The highest BCUT2D eigenvalue weighted by atomic mass is 16.4. The fourth-order valence-electron chi connectivity index (χ4n) is 3.21. The number of hydrogen-bond donors (Lipinski definition) is 2. The zero-order valence-corrected chi connectivity index (χ0v) is 15.4. The molecule has 0 aromatic heterocycles. The molecular weight excluding hydrogens is 360 g/mol. The average molecular weight is 380 g/mol. The summed E-state index contributed by atoms with van der Waals surface area (Å²) in [4.78, 5) is 38.9. The van der Waals surface area contributed by atoms with Crippen LogP contribution >= 0.6 is 0 Å². The molecule has 144 valence electrons. The molecule has 8 heteroatoms. The maximum absolute atomic E-state index is 12.8. The molecule has 0 unspecified atom stereocenters. The van der Waals surface area contributed by atoms with Crippen molar-refractivity contribution in [3.8, 4) is 0 Å². The normalized spacial score (nSPS) is 13.0. The number of carboxylic acids is 1. The fourth-order valence-corrected chi connectivity index (χ4v) is 3.21. The van der Waals surface area contributed by atoms with Gasteiger partial charge in [-0.1, -0.05) is 12.1 Å². The highest BCUT2D eigenvalue weighted by Crippen LogP contribution is 2.23. The van der Waals surface area contributed by atoms with Crippen molar-refractivity contribution in [1.82, 2.24) is 4.90 Å². The minimum absolute atomic E-state index is 0.207. The first-order chi connectivity index (χ1) is 13.4. The lowest BCUT2D eigenvalue weighted by atomic mass is 9.96. The van der Waals surface area contributed by atoms with Gasteiger partial charge in [-0.3, -0.25) is 14.4 Å². The summed E-state index contributed by atoms with van der Waals surface area (Å²) < 4.78 is 0. The topological polar surface area (TPSA) is 114 Å². The molecule has 0 atom stereocenters. The summed E-state index contributed by atoms with van der Waals surface area (Å²) in [6.07, 6.45) is 0.504. The average Bonchev–Trinajstić information content (AvgIpc) is 2.69. The lowest BCUT2D eigenvalue weighted by molar-refractivity contribution is -0.137. The largest absolute Gasteiger partial charge is 0.480 e. The summed E-state index contributed by atoms with van der Waals surface area (Å²) in [7, 11) is 1.67. The third kappa shape index (κ3) is 3.90. The quantitative estimate of drug-likeness (QED) is 0.750. The highest BCUT2D eigenvalue weighted by molar-refractivity contribution is 6.07. The molecule has 2 amide bonds. The number of amides is 2. The second-order valence-corrected chi connectivity index (χ2v) is 6.59. The standard InChI is InChI=1S/C20H20N4O4/c1-23(16-5-2-13(3-6-16)11-22-21)19(27)15-4-7-17-14(10-15)8-9-24(20(17)28)12-18(25)26/h2-7,10,21H,8-9,11-12H2,1H3,(H,25,26). The number of carbonyl (C=O) groups is 3. The van der Waals surface area contributed by atoms with E-state index >= 15 is 0 Å². The maximum atomic E-state index is 12.8. The van der Waals surface area contributed by atoms with Crippen LogP contribution in [0.3, 0.4) is 0 Å². The van der Waals surface area contributed by atoms with Crippen molar-refractivity contribution in [3.63, 3.8) is 0 Å². The minimum atomic E-state index is -1.05. The zero-order chi connectivity index (χ0) is 20.3. The smallest absolute Gasteiger partial charge is 0.323 e. The molecule has 2 N–H and O–H groups in total. The van der Waals surface area contributed by atoms with E-state index in [9.17, 15) is 14.4 Å². The van der Waals surface area contributed by atoms with Crippen LogP contribution in [-0.2, 0) is 17.8 Å². The lowest BCUT2D eigenvalue weighted by Crippen LogP contribution is -2.41. The Morgan fingerprint density at radius 3 is 2.57 bits per heavy atom. The molecule has 2 aromatic carbocycles. The molecule has 3 rings (SSSR count). The third-order valence-corrected chi connectivity index (χ3v) is 4.74. The molecular formula is C20H20N4O4. The summed E-state index contributed by atoms with van der Waals surface area (Å²) in [6, 6.07) is 12.1. The predicted octanol–water partition coefficient (Wildman–Crippen LogP) is 2.58. The van der Waals surface area contributed by atoms with E-state index in [4.69, 9.17) is 10.6 Å². The van der Waals surface area contributed by atoms with Crippen molar-refractivity contribution in [2.45, 2.75) is 13.0 Å². The SMILES string of the molecule is CN(C(=O)c1ccc2c(c1)CCN(CC(=O)O)C2=O)c1ccc(CN=N)cc1. The van der Waals surface area contributed by atoms with Gasteiger partial charge in [0.25, 0.3) is 11.8 Å². The van der Waals surface area contributed by atoms with E-state index < -0.39 is 5.97 Å². The minimum Gasteiger partial charge on any atom is -0.480 e. The van der Waals surface area contributed by atoms with Crippen LogP contribution in [0.2, 0.25) is 0 Å². The summed E-state index contributed by atoms with van der Waals surface area (Å²) in [6.45, 7) is 0.287. The van der Waals surface area contributed by atoms with E-state index in [-0.39, 0.29) is 18.4 Å². The monoisotopic (exact) mass is 380 g/mol. The maximum Gasteiger partial charge on any atom is 0.323 e. The van der Waals surface area contributed by atoms with Gasteiger partial charge >= 0.3 is 5.97 Å². The van der Waals surface area contributed by atoms with Gasteiger partial charge < -0.3 is 14.9 Å². The first-order valence-electron chi connectivity index (χ1n) is 8.75. The molecule has 28 heavy (non-hydrogen) atoms. The number of hydrogen-bond acceptors (Lipinski definition) is 5. The van der Waals surface area contributed by atoms with Gasteiger partial charge in [-0.2, -0.15) is 5.11 Å². The van der Waals surface area contributed by atoms with Crippen molar-refractivity contribution in [2.75, 3.05) is 25.0 Å². The number of nitrogens with one attached hydrogen (secondary N) is 1. The second kappa shape index (κ2) is 7.99. The number of carboxylic acid groups (broad SMARTS) is 1. The van der Waals surface area contributed by atoms with Crippen LogP contribution < -0.4 is 4.90 Å². The zero-order valence-electron chi connectivity index (χ0n) is 15.4. The van der Waals surface area contributed by atoms with Crippen molar-refractivity contribution in [1.29, 1.82) is 5.53 Å². The highest BCUT2D eigenvalue weighted by Gasteiger charge is 2.27. The molecule has 1 aliphatic heterocycles. The molecule has 0 aliphatic carbocycles. The molecule has 0 fully saturated rings. The number of carbonyl (C=O) groups excluding carboxylic acids is 2. The summed E-state index contributed by atoms with van der Waals surface area (Å²) in [5.41, 5.74) is 10.1. The molecule has 0 radical (unpaired) electrons. The number of anilines is 1. The van der Waals surface area contributed by atoms with E-state index in [1.54, 1.807) is 37.4 Å². The number of rotatable bonds is 6. The van der Waals surface area contributed by atoms with Gasteiger partial charge in [0.15, 0.2) is 0 Å². The van der Waals surface area contributed by atoms with Crippen LogP contribution in [-0.4, -0.2) is 47.9 Å². The van der Waals surface area contributed by atoms with Crippen LogP contribution in [0.25, 0.3) is 0 Å². The summed E-state index contributed by atoms with van der Waals surface area (Å²) in [5, 5.41) is 12.2. The van der Waals surface area contributed by atoms with Crippen molar-refractivity contribution in [3.05, 3.63) is 64.7 Å². The van der Waals surface area contributed by atoms with Gasteiger partial charge in [-0.25, -0.2) is 5.53 Å². The Morgan fingerprint density at radius 1 is 1.21 bits per heavy atom. The Bertz CT molecular complexity index is 940. The van der Waals surface area contributed by atoms with Crippen molar-refractivity contribution in [2.24, 2.45) is 5.11 Å². The first-order valence-corrected chi connectivity index (χ1v) is 8.75. The van der Waals surface area contributed by atoms with Gasteiger partial charge in [0.05, 0.1) is 6.54 Å². The Kier molecular flexibility index (Phi) is 5.49. The van der Waals surface area contributed by atoms with E-state index in [0.29, 0.717) is 36.3 Å². The van der Waals surface area contributed by atoms with Gasteiger partial charge in [-0.05, 0) is 47.9 Å². The summed E-state index contributed by atoms with van der Waals surface area (Å²) >= 11 is 0. The van der Waals surface area contributed by atoms with Gasteiger partial charge in [-0.15, -0.1) is 0 Å². The van der Waals surface area contributed by atoms with Gasteiger partial charge in [0.1, 0.15) is 6.54 Å². The van der Waals surface area contributed by atoms with Gasteiger partial charge in [0.2, 0.25) is 0 Å². The molecule has 8 nitrogen and oxygen atoms in total. The van der Waals surface area contributed by atoms with E-state index in [1.165, 1.54) is 9.80 Å². The molecule has 2 aromatic rings. The Balaban J connectivity index is 1.79. The molecule has 0 spiro atoms. The van der Waals surface area contributed by atoms with Crippen LogP contribution in [0.5, 0.6) is 0 Å². The molecule has 1 aliphatic rings.